The molecule has 0 saturated carbocycles. The normalized spacial score (nSPS) is 11.4. The van der Waals surface area contributed by atoms with Crippen LogP contribution in [0, 0.1) is 17.0 Å². The lowest BCUT2D eigenvalue weighted by Gasteiger charge is -2.18. The van der Waals surface area contributed by atoms with Crippen molar-refractivity contribution < 1.29 is 14.2 Å². The van der Waals surface area contributed by atoms with Crippen LogP contribution in [0.25, 0.3) is 0 Å². The lowest BCUT2D eigenvalue weighted by Crippen LogP contribution is -2.21. The van der Waals surface area contributed by atoms with E-state index in [-0.39, 0.29) is 22.5 Å². The molecule has 3 aromatic rings. The molecule has 37 heavy (non-hydrogen) atoms. The van der Waals surface area contributed by atoms with Crippen LogP contribution in [0.5, 0.6) is 5.75 Å². The number of hydrogen-bond donors (Lipinski definition) is 3. The molecule has 11 nitrogen and oxygen atoms in total. The summed E-state index contributed by atoms with van der Waals surface area (Å²) < 4.78 is 18.4. The first-order valence-electron chi connectivity index (χ1n) is 11.4. The number of nitro groups is 1. The maximum atomic E-state index is 12.9. The fourth-order valence-corrected chi connectivity index (χ4v) is 5.55. The molecule has 0 saturated heterocycles. The van der Waals surface area contributed by atoms with Gasteiger partial charge < -0.3 is 30.2 Å². The van der Waals surface area contributed by atoms with E-state index < -0.39 is 12.1 Å². The van der Waals surface area contributed by atoms with Gasteiger partial charge in [0.25, 0.3) is 5.69 Å². The van der Waals surface area contributed by atoms with Crippen LogP contribution in [-0.4, -0.2) is 67.4 Å². The third-order valence-corrected chi connectivity index (χ3v) is 7.36. The lowest BCUT2D eigenvalue weighted by molar-refractivity contribution is -0.383. The number of anilines is 5. The number of nitro benzene ring substituents is 1. The van der Waals surface area contributed by atoms with Crippen LogP contribution < -0.4 is 26.0 Å². The molecule has 1 aromatic heterocycles. The number of aryl methyl sites for hydroxylation is 1. The number of nitrogens with zero attached hydrogens (tertiary/aromatic N) is 4. The van der Waals surface area contributed by atoms with Gasteiger partial charge in [-0.1, -0.05) is 23.7 Å². The molecule has 3 rings (SSSR count). The van der Waals surface area contributed by atoms with Crippen molar-refractivity contribution in [2.24, 2.45) is 0 Å². The molecular weight excluding hydrogens is 517 g/mol. The monoisotopic (exact) mass is 547 g/mol. The Morgan fingerprint density at radius 3 is 2.51 bits per heavy atom. The summed E-state index contributed by atoms with van der Waals surface area (Å²) in [7, 11) is 2.70. The van der Waals surface area contributed by atoms with E-state index in [4.69, 9.17) is 16.3 Å². The minimum atomic E-state index is -2.61. The number of halogens is 1. The molecule has 0 aliphatic rings. The van der Waals surface area contributed by atoms with Gasteiger partial charge in [0.15, 0.2) is 5.82 Å². The highest BCUT2D eigenvalue weighted by Crippen LogP contribution is 2.41. The van der Waals surface area contributed by atoms with Crippen molar-refractivity contribution in [3.63, 3.8) is 0 Å². The van der Waals surface area contributed by atoms with Gasteiger partial charge in [0, 0.05) is 30.5 Å². The van der Waals surface area contributed by atoms with Gasteiger partial charge in [0.2, 0.25) is 5.95 Å². The minimum absolute atomic E-state index is 0.125. The van der Waals surface area contributed by atoms with Crippen LogP contribution in [0.4, 0.5) is 34.5 Å². The number of rotatable bonds is 11. The topological polar surface area (TPSA) is 135 Å². The number of methoxy groups -OCH3 is 1. The second kappa shape index (κ2) is 11.8. The van der Waals surface area contributed by atoms with E-state index in [1.54, 1.807) is 19.4 Å². The van der Waals surface area contributed by atoms with Gasteiger partial charge in [-0.05, 0) is 46.0 Å². The highest BCUT2D eigenvalue weighted by molar-refractivity contribution is 7.70. The standard InChI is InChI=1S/C24H31ClN7O4P/c1-15-8-7-9-17(22(15)37(5,6)35)28-23-16(25)14-27-24(30-23)29-19-12-20(32(33)34)18(13-21(19)36-4)26-10-11-31(2)3/h7-9,12-14,26H,10-11H2,1-6H3,(H2,27,28,29,30). The molecule has 3 N–H and O–H groups in total. The number of nitrogens with one attached hydrogen (secondary N) is 3. The van der Waals surface area contributed by atoms with E-state index in [0.717, 1.165) is 5.56 Å². The summed E-state index contributed by atoms with van der Waals surface area (Å²) in [6, 6.07) is 8.48. The molecule has 13 heteroatoms. The molecule has 0 amide bonds. The van der Waals surface area contributed by atoms with Gasteiger partial charge in [-0.3, -0.25) is 10.1 Å². The summed E-state index contributed by atoms with van der Waals surface area (Å²) in [5.74, 6) is 0.790. The van der Waals surface area contributed by atoms with Crippen LogP contribution in [0.3, 0.4) is 0 Å². The predicted molar refractivity (Wildman–Crippen MR) is 151 cm³/mol. The highest BCUT2D eigenvalue weighted by Gasteiger charge is 2.22. The summed E-state index contributed by atoms with van der Waals surface area (Å²) in [5, 5.41) is 22.0. The molecule has 0 radical (unpaired) electrons. The van der Waals surface area contributed by atoms with E-state index in [1.165, 1.54) is 19.4 Å². The van der Waals surface area contributed by atoms with E-state index in [2.05, 4.69) is 25.9 Å². The Kier molecular flexibility index (Phi) is 8.96. The smallest absolute Gasteiger partial charge is 0.294 e. The second-order valence-electron chi connectivity index (χ2n) is 9.02. The Labute approximate surface area is 221 Å². The summed E-state index contributed by atoms with van der Waals surface area (Å²) in [4.78, 5) is 21.9. The van der Waals surface area contributed by atoms with Gasteiger partial charge in [-0.25, -0.2) is 4.98 Å². The van der Waals surface area contributed by atoms with Crippen molar-refractivity contribution in [2.75, 3.05) is 63.6 Å². The lowest BCUT2D eigenvalue weighted by atomic mass is 10.2. The molecule has 0 aliphatic heterocycles. The first kappa shape index (κ1) is 28.2. The van der Waals surface area contributed by atoms with Crippen molar-refractivity contribution >= 4 is 58.6 Å². The molecule has 0 aliphatic carbocycles. The second-order valence-corrected chi connectivity index (χ2v) is 12.6. The molecule has 0 unspecified atom stereocenters. The quantitative estimate of drug-likeness (QED) is 0.170. The molecular formula is C24H31ClN7O4P. The Morgan fingerprint density at radius 1 is 1.16 bits per heavy atom. The van der Waals surface area contributed by atoms with Crippen LogP contribution >= 0.6 is 18.7 Å². The maximum Gasteiger partial charge on any atom is 0.294 e. The van der Waals surface area contributed by atoms with E-state index in [9.17, 15) is 14.7 Å². The average molecular weight is 548 g/mol. The fourth-order valence-electron chi connectivity index (χ4n) is 3.78. The van der Waals surface area contributed by atoms with E-state index in [0.29, 0.717) is 41.2 Å². The number of likely N-dealkylation sites (N-methyl/N-ethyl adjacent to an activating group) is 1. The van der Waals surface area contributed by atoms with Crippen LogP contribution in [0.1, 0.15) is 5.56 Å². The Bertz CT molecular complexity index is 1350. The van der Waals surface area contributed by atoms with E-state index >= 15 is 0 Å². The fraction of sp³-hybridized carbons (Fsp3) is 0.333. The van der Waals surface area contributed by atoms with Crippen molar-refractivity contribution in [3.8, 4) is 5.75 Å². The zero-order chi connectivity index (χ0) is 27.3. The molecule has 0 fully saturated rings. The van der Waals surface area contributed by atoms with Gasteiger partial charge in [0.05, 0.1) is 29.6 Å². The SMILES string of the molecule is COc1cc(NCCN(C)C)c([N+](=O)[O-])cc1Nc1ncc(Cl)c(Nc2cccc(C)c2P(C)(C)=O)n1. The Morgan fingerprint density at radius 2 is 1.89 bits per heavy atom. The minimum Gasteiger partial charge on any atom is -0.494 e. The van der Waals surface area contributed by atoms with Gasteiger partial charge in [-0.2, -0.15) is 4.98 Å². The molecule has 1 heterocycles. The van der Waals surface area contributed by atoms with Crippen LogP contribution in [-0.2, 0) is 4.57 Å². The van der Waals surface area contributed by atoms with Gasteiger partial charge in [-0.15, -0.1) is 0 Å². The number of ether oxygens (including phenoxy) is 1. The van der Waals surface area contributed by atoms with Gasteiger partial charge in [0.1, 0.15) is 23.6 Å². The number of hydrogen-bond acceptors (Lipinski definition) is 10. The largest absolute Gasteiger partial charge is 0.494 e. The van der Waals surface area contributed by atoms with Crippen molar-refractivity contribution in [2.45, 2.75) is 6.92 Å². The molecule has 2 aromatic carbocycles. The first-order valence-corrected chi connectivity index (χ1v) is 14.4. The average Bonchev–Trinajstić information content (AvgIpc) is 2.80. The van der Waals surface area contributed by atoms with Crippen molar-refractivity contribution in [1.82, 2.24) is 14.9 Å². The first-order chi connectivity index (χ1) is 17.4. The maximum absolute atomic E-state index is 12.9. The zero-order valence-corrected chi connectivity index (χ0v) is 23.3. The Hall–Kier alpha value is -3.40. The van der Waals surface area contributed by atoms with Crippen LogP contribution in [0.15, 0.2) is 36.5 Å². The summed E-state index contributed by atoms with van der Waals surface area (Å²) in [5.41, 5.74) is 2.03. The van der Waals surface area contributed by atoms with Gasteiger partial charge >= 0.3 is 0 Å². The molecule has 198 valence electrons. The Balaban J connectivity index is 1.95. The third-order valence-electron chi connectivity index (χ3n) is 5.41. The summed E-state index contributed by atoms with van der Waals surface area (Å²) in [6.07, 6.45) is 1.41. The predicted octanol–water partition coefficient (Wildman–Crippen LogP) is 5.06. The molecule has 0 atom stereocenters. The summed E-state index contributed by atoms with van der Waals surface area (Å²) >= 11 is 6.36. The third kappa shape index (κ3) is 7.09. The molecule has 0 spiro atoms. The van der Waals surface area contributed by atoms with E-state index in [1.807, 2.05) is 44.1 Å². The number of benzene rings is 2. The highest BCUT2D eigenvalue weighted by atomic mass is 35.5. The summed E-state index contributed by atoms with van der Waals surface area (Å²) in [6.45, 7) is 6.51. The number of aromatic nitrogens is 2. The van der Waals surface area contributed by atoms with Crippen molar-refractivity contribution in [3.05, 3.63) is 57.2 Å². The van der Waals surface area contributed by atoms with Crippen molar-refractivity contribution in [1.29, 1.82) is 0 Å². The van der Waals surface area contributed by atoms with Crippen LogP contribution in [0.2, 0.25) is 5.02 Å². The zero-order valence-electron chi connectivity index (χ0n) is 21.6. The molecule has 0 bridgehead atoms.